The highest BCUT2D eigenvalue weighted by Crippen LogP contribution is 2.44. The van der Waals surface area contributed by atoms with E-state index < -0.39 is 12.1 Å². The molecule has 1 saturated heterocycles. The molecular formula is C28H25N3O3. The molecule has 1 fully saturated rings. The maximum atomic E-state index is 13.8. The zero-order valence-corrected chi connectivity index (χ0v) is 18.9. The van der Waals surface area contributed by atoms with E-state index in [0.29, 0.717) is 18.7 Å². The molecule has 2 unspecified atom stereocenters. The van der Waals surface area contributed by atoms with Gasteiger partial charge in [0.15, 0.2) is 0 Å². The van der Waals surface area contributed by atoms with Crippen LogP contribution in [0, 0.1) is 0 Å². The number of H-pyrrole nitrogens is 1. The van der Waals surface area contributed by atoms with Crippen LogP contribution in [0.1, 0.15) is 28.4 Å². The predicted octanol–water partition coefficient (Wildman–Crippen LogP) is 4.06. The summed E-state index contributed by atoms with van der Waals surface area (Å²) < 4.78 is 5.68. The molecule has 6 heteroatoms. The molecule has 1 aromatic heterocycles. The van der Waals surface area contributed by atoms with Crippen LogP contribution in [0.5, 0.6) is 5.75 Å². The second-order valence-electron chi connectivity index (χ2n) is 8.91. The van der Waals surface area contributed by atoms with Crippen molar-refractivity contribution in [3.63, 3.8) is 0 Å². The van der Waals surface area contributed by atoms with Crippen LogP contribution in [0.2, 0.25) is 0 Å². The number of ether oxygens (including phenoxy) is 1. The Kier molecular flexibility index (Phi) is 4.87. The third-order valence-corrected chi connectivity index (χ3v) is 6.99. The summed E-state index contributed by atoms with van der Waals surface area (Å²) >= 11 is 0. The van der Waals surface area contributed by atoms with Gasteiger partial charge in [0.2, 0.25) is 11.8 Å². The van der Waals surface area contributed by atoms with Gasteiger partial charge in [0.1, 0.15) is 24.4 Å². The zero-order chi connectivity index (χ0) is 23.2. The van der Waals surface area contributed by atoms with Gasteiger partial charge in [-0.15, -0.1) is 0 Å². The highest BCUT2D eigenvalue weighted by atomic mass is 16.5. The molecule has 3 heterocycles. The van der Waals surface area contributed by atoms with Crippen LogP contribution in [0.3, 0.4) is 0 Å². The van der Waals surface area contributed by atoms with Crippen LogP contribution in [0.4, 0.5) is 0 Å². The number of aromatic amines is 1. The second kappa shape index (κ2) is 8.06. The van der Waals surface area contributed by atoms with Crippen molar-refractivity contribution in [3.8, 4) is 5.75 Å². The Morgan fingerprint density at radius 1 is 0.941 bits per heavy atom. The van der Waals surface area contributed by atoms with Crippen molar-refractivity contribution in [1.29, 1.82) is 0 Å². The standard InChI is InChI=1S/C28H25N3O3/c1-34-24-14-8-6-12-20(24)27-26-21(19-11-5-7-13-22(19)29-26)15-23-28(33)30(17-25(32)31(23)27)16-18-9-3-2-4-10-18/h2-14,23,27,29H,15-17H2,1H3. The van der Waals surface area contributed by atoms with Crippen molar-refractivity contribution in [2.24, 2.45) is 0 Å². The maximum absolute atomic E-state index is 13.8. The number of nitrogens with zero attached hydrogens (tertiary/aromatic N) is 2. The summed E-state index contributed by atoms with van der Waals surface area (Å²) in [6.07, 6.45) is 0.487. The van der Waals surface area contributed by atoms with Crippen LogP contribution in [0.25, 0.3) is 10.9 Å². The van der Waals surface area contributed by atoms with E-state index in [9.17, 15) is 9.59 Å². The van der Waals surface area contributed by atoms with Crippen LogP contribution < -0.4 is 4.74 Å². The average Bonchev–Trinajstić information content (AvgIpc) is 3.25. The van der Waals surface area contributed by atoms with E-state index in [1.54, 1.807) is 16.9 Å². The third-order valence-electron chi connectivity index (χ3n) is 6.99. The molecule has 3 aromatic carbocycles. The van der Waals surface area contributed by atoms with Crippen molar-refractivity contribution in [2.45, 2.75) is 25.0 Å². The summed E-state index contributed by atoms with van der Waals surface area (Å²) in [5.74, 6) is 0.629. The van der Waals surface area contributed by atoms with E-state index in [1.807, 2.05) is 72.8 Å². The summed E-state index contributed by atoms with van der Waals surface area (Å²) in [5, 5.41) is 1.09. The largest absolute Gasteiger partial charge is 0.496 e. The van der Waals surface area contributed by atoms with E-state index >= 15 is 0 Å². The number of fused-ring (bicyclic) bond motifs is 4. The number of piperazine rings is 1. The van der Waals surface area contributed by atoms with Gasteiger partial charge in [0, 0.05) is 35.1 Å². The van der Waals surface area contributed by atoms with Crippen molar-refractivity contribution in [1.82, 2.24) is 14.8 Å². The first-order valence-corrected chi connectivity index (χ1v) is 11.5. The number of benzene rings is 3. The van der Waals surface area contributed by atoms with Crippen molar-refractivity contribution in [3.05, 3.63) is 101 Å². The molecular weight excluding hydrogens is 426 g/mol. The number of aromatic nitrogens is 1. The molecule has 2 atom stereocenters. The van der Waals surface area contributed by atoms with Gasteiger partial charge in [-0.2, -0.15) is 0 Å². The molecule has 170 valence electrons. The Balaban J connectivity index is 1.49. The van der Waals surface area contributed by atoms with Gasteiger partial charge in [0.05, 0.1) is 7.11 Å². The van der Waals surface area contributed by atoms with E-state index in [0.717, 1.165) is 33.3 Å². The third kappa shape index (κ3) is 3.17. The van der Waals surface area contributed by atoms with Gasteiger partial charge in [-0.05, 0) is 23.3 Å². The summed E-state index contributed by atoms with van der Waals surface area (Å²) in [5.41, 5.74) is 4.95. The first kappa shape index (κ1) is 20.5. The molecule has 6 nitrogen and oxygen atoms in total. The number of amides is 2. The molecule has 4 aromatic rings. The average molecular weight is 452 g/mol. The number of carbonyl (C=O) groups excluding carboxylic acids is 2. The monoisotopic (exact) mass is 451 g/mol. The first-order valence-electron chi connectivity index (χ1n) is 11.5. The van der Waals surface area contributed by atoms with Crippen molar-refractivity contribution >= 4 is 22.7 Å². The minimum Gasteiger partial charge on any atom is -0.496 e. The minimum absolute atomic E-state index is 0.0146. The Morgan fingerprint density at radius 2 is 1.68 bits per heavy atom. The fourth-order valence-corrected chi connectivity index (χ4v) is 5.48. The van der Waals surface area contributed by atoms with Crippen LogP contribution in [-0.2, 0) is 22.6 Å². The first-order chi connectivity index (χ1) is 16.7. The van der Waals surface area contributed by atoms with E-state index in [-0.39, 0.29) is 18.4 Å². The van der Waals surface area contributed by atoms with Gasteiger partial charge in [-0.3, -0.25) is 9.59 Å². The number of hydrogen-bond acceptors (Lipinski definition) is 3. The smallest absolute Gasteiger partial charge is 0.246 e. The molecule has 0 saturated carbocycles. The molecule has 0 aliphatic carbocycles. The summed E-state index contributed by atoms with van der Waals surface area (Å²) in [7, 11) is 1.63. The lowest BCUT2D eigenvalue weighted by atomic mass is 9.86. The number of methoxy groups -OCH3 is 1. The van der Waals surface area contributed by atoms with E-state index in [1.165, 1.54) is 0 Å². The van der Waals surface area contributed by atoms with Crippen molar-refractivity contribution in [2.75, 3.05) is 13.7 Å². The molecule has 34 heavy (non-hydrogen) atoms. The van der Waals surface area contributed by atoms with Crippen LogP contribution >= 0.6 is 0 Å². The van der Waals surface area contributed by atoms with Gasteiger partial charge >= 0.3 is 0 Å². The molecule has 0 bridgehead atoms. The summed E-state index contributed by atoms with van der Waals surface area (Å²) in [6.45, 7) is 0.487. The molecule has 0 spiro atoms. The number of para-hydroxylation sites is 2. The van der Waals surface area contributed by atoms with Gasteiger partial charge in [-0.25, -0.2) is 0 Å². The molecule has 0 radical (unpaired) electrons. The van der Waals surface area contributed by atoms with Gasteiger partial charge in [-0.1, -0.05) is 66.7 Å². The number of rotatable bonds is 4. The summed E-state index contributed by atoms with van der Waals surface area (Å²) in [4.78, 5) is 34.5. The lowest BCUT2D eigenvalue weighted by Crippen LogP contribution is -2.62. The van der Waals surface area contributed by atoms with Gasteiger partial charge < -0.3 is 19.5 Å². The highest BCUT2D eigenvalue weighted by molar-refractivity contribution is 5.97. The summed E-state index contributed by atoms with van der Waals surface area (Å²) in [6, 6.07) is 24.7. The maximum Gasteiger partial charge on any atom is 0.246 e. The molecule has 6 rings (SSSR count). The number of nitrogens with one attached hydrogen (secondary N) is 1. The zero-order valence-electron chi connectivity index (χ0n) is 18.9. The fourth-order valence-electron chi connectivity index (χ4n) is 5.48. The van der Waals surface area contributed by atoms with Crippen molar-refractivity contribution < 1.29 is 14.3 Å². The Hall–Kier alpha value is -4.06. The minimum atomic E-state index is -0.563. The topological polar surface area (TPSA) is 65.6 Å². The Bertz CT molecular complexity index is 1390. The molecule has 2 aliphatic rings. The SMILES string of the molecule is COc1ccccc1C1c2[nH]c3ccccc3c2CC2C(=O)N(Cc3ccccc3)CC(=O)N21. The number of hydrogen-bond donors (Lipinski definition) is 1. The normalized spacial score (nSPS) is 19.8. The lowest BCUT2D eigenvalue weighted by molar-refractivity contribution is -0.159. The van der Waals surface area contributed by atoms with Crippen LogP contribution in [-0.4, -0.2) is 46.3 Å². The predicted molar refractivity (Wildman–Crippen MR) is 129 cm³/mol. The van der Waals surface area contributed by atoms with Crippen LogP contribution in [0.15, 0.2) is 78.9 Å². The van der Waals surface area contributed by atoms with E-state index in [2.05, 4.69) is 11.1 Å². The van der Waals surface area contributed by atoms with E-state index in [4.69, 9.17) is 4.74 Å². The molecule has 2 amide bonds. The van der Waals surface area contributed by atoms with Gasteiger partial charge in [0.25, 0.3) is 0 Å². The highest BCUT2D eigenvalue weighted by Gasteiger charge is 2.48. The number of carbonyl (C=O) groups is 2. The molecule has 2 aliphatic heterocycles. The lowest BCUT2D eigenvalue weighted by Gasteiger charge is -2.47. The molecule has 1 N–H and O–H groups in total. The Labute approximate surface area is 197 Å². The fraction of sp³-hybridized carbons (Fsp3) is 0.214. The quantitative estimate of drug-likeness (QED) is 0.509. The second-order valence-corrected chi connectivity index (χ2v) is 8.91. The Morgan fingerprint density at radius 3 is 2.50 bits per heavy atom.